The average Bonchev–Trinajstić information content (AvgIpc) is 3.10. The number of nitrogens with one attached hydrogen (secondary N) is 2. The highest BCUT2D eigenvalue weighted by Gasteiger charge is 2.14. The Labute approximate surface area is 173 Å². The number of anilines is 2. The van der Waals surface area contributed by atoms with Crippen LogP contribution in [0.2, 0.25) is 0 Å². The van der Waals surface area contributed by atoms with Crippen LogP contribution in [0.5, 0.6) is 5.75 Å². The van der Waals surface area contributed by atoms with Crippen molar-refractivity contribution in [2.45, 2.75) is 13.8 Å². The molecule has 0 aliphatic rings. The van der Waals surface area contributed by atoms with Crippen LogP contribution in [0, 0.1) is 18.3 Å². The van der Waals surface area contributed by atoms with E-state index in [1.165, 1.54) is 6.92 Å². The zero-order valence-corrected chi connectivity index (χ0v) is 16.8. The number of carbonyl (C=O) groups is 1. The molecule has 0 bridgehead atoms. The molecule has 7 nitrogen and oxygen atoms in total. The maximum absolute atomic E-state index is 11.2. The van der Waals surface area contributed by atoms with Gasteiger partial charge in [0.05, 0.1) is 23.1 Å². The number of para-hydroxylation sites is 2. The highest BCUT2D eigenvalue weighted by molar-refractivity contribution is 5.88. The Balaban J connectivity index is 1.54. The van der Waals surface area contributed by atoms with Gasteiger partial charge in [-0.1, -0.05) is 18.2 Å². The van der Waals surface area contributed by atoms with E-state index in [4.69, 9.17) is 4.74 Å². The maximum atomic E-state index is 11.2. The number of aryl methyl sites for hydroxylation is 1. The zero-order chi connectivity index (χ0) is 21.1. The minimum atomic E-state index is -0.124. The summed E-state index contributed by atoms with van der Waals surface area (Å²) >= 11 is 0. The van der Waals surface area contributed by atoms with Crippen LogP contribution in [0.3, 0.4) is 0 Å². The van der Waals surface area contributed by atoms with E-state index in [0.29, 0.717) is 35.8 Å². The van der Waals surface area contributed by atoms with Gasteiger partial charge in [0, 0.05) is 18.7 Å². The summed E-state index contributed by atoms with van der Waals surface area (Å²) in [7, 11) is 0. The number of hydrogen-bond donors (Lipinski definition) is 2. The number of aromatic nitrogens is 2. The average molecular weight is 399 g/mol. The summed E-state index contributed by atoms with van der Waals surface area (Å²) in [6.07, 6.45) is 0. The van der Waals surface area contributed by atoms with Gasteiger partial charge in [-0.15, -0.1) is 0 Å². The molecule has 2 heterocycles. The summed E-state index contributed by atoms with van der Waals surface area (Å²) < 4.78 is 7.79. The lowest BCUT2D eigenvalue weighted by Gasteiger charge is -2.13. The highest BCUT2D eigenvalue weighted by Crippen LogP contribution is 2.26. The Morgan fingerprint density at radius 1 is 1.20 bits per heavy atom. The van der Waals surface area contributed by atoms with Gasteiger partial charge in [0.15, 0.2) is 5.65 Å². The summed E-state index contributed by atoms with van der Waals surface area (Å²) in [6.45, 7) is 4.36. The first-order chi connectivity index (χ1) is 14.6. The molecule has 2 aromatic carbocycles. The summed E-state index contributed by atoms with van der Waals surface area (Å²) in [5.74, 6) is 1.41. The molecule has 0 saturated heterocycles. The number of pyridine rings is 1. The lowest BCUT2D eigenvalue weighted by molar-refractivity contribution is -0.114. The summed E-state index contributed by atoms with van der Waals surface area (Å²) in [5, 5.41) is 15.7. The number of fused-ring (bicyclic) bond motifs is 3. The predicted molar refractivity (Wildman–Crippen MR) is 117 cm³/mol. The first-order valence-corrected chi connectivity index (χ1v) is 9.62. The Morgan fingerprint density at radius 3 is 2.83 bits per heavy atom. The molecule has 150 valence electrons. The lowest BCUT2D eigenvalue weighted by atomic mass is 10.1. The van der Waals surface area contributed by atoms with Crippen molar-refractivity contribution in [1.29, 1.82) is 5.26 Å². The third kappa shape index (κ3) is 3.76. The molecule has 7 heteroatoms. The van der Waals surface area contributed by atoms with Crippen molar-refractivity contribution >= 4 is 34.1 Å². The van der Waals surface area contributed by atoms with Crippen molar-refractivity contribution in [1.82, 2.24) is 9.38 Å². The number of imidazole rings is 1. The van der Waals surface area contributed by atoms with E-state index in [-0.39, 0.29) is 5.91 Å². The molecule has 4 aromatic rings. The summed E-state index contributed by atoms with van der Waals surface area (Å²) in [5.41, 5.74) is 4.56. The van der Waals surface area contributed by atoms with Crippen LogP contribution >= 0.6 is 0 Å². The van der Waals surface area contributed by atoms with Crippen LogP contribution in [0.1, 0.15) is 18.1 Å². The number of ether oxygens (including phenoxy) is 1. The predicted octanol–water partition coefficient (Wildman–Crippen LogP) is 4.12. The topological polar surface area (TPSA) is 91.5 Å². The number of amides is 1. The molecule has 4 rings (SSSR count). The second kappa shape index (κ2) is 8.13. The Bertz CT molecular complexity index is 1290. The van der Waals surface area contributed by atoms with E-state index in [1.54, 1.807) is 6.07 Å². The normalized spacial score (nSPS) is 10.7. The largest absolute Gasteiger partial charge is 0.492 e. The van der Waals surface area contributed by atoms with Crippen molar-refractivity contribution in [3.8, 4) is 11.8 Å². The van der Waals surface area contributed by atoms with Crippen LogP contribution in [0.4, 0.5) is 11.5 Å². The molecule has 0 spiro atoms. The van der Waals surface area contributed by atoms with Crippen LogP contribution in [0.15, 0.2) is 54.6 Å². The monoisotopic (exact) mass is 399 g/mol. The molecule has 30 heavy (non-hydrogen) atoms. The molecule has 2 aromatic heterocycles. The minimum Gasteiger partial charge on any atom is -0.492 e. The SMILES string of the molecule is CC(=O)Nc1cccc(OCCNc2cc(C)c(C#N)c3nc4ccccc4n23)c1. The molecular formula is C23H21N5O2. The Hall–Kier alpha value is -4.05. The third-order valence-corrected chi connectivity index (χ3v) is 4.72. The van der Waals surface area contributed by atoms with E-state index in [0.717, 1.165) is 22.4 Å². The van der Waals surface area contributed by atoms with Crippen molar-refractivity contribution in [2.24, 2.45) is 0 Å². The molecule has 0 atom stereocenters. The summed E-state index contributed by atoms with van der Waals surface area (Å²) in [6, 6.07) is 19.3. The van der Waals surface area contributed by atoms with Crippen LogP contribution in [-0.4, -0.2) is 28.4 Å². The second-order valence-corrected chi connectivity index (χ2v) is 6.94. The number of rotatable bonds is 6. The fraction of sp³-hybridized carbons (Fsp3) is 0.174. The van der Waals surface area contributed by atoms with Crippen LogP contribution in [0.25, 0.3) is 16.7 Å². The number of nitrogens with zero attached hydrogens (tertiary/aromatic N) is 3. The number of hydrogen-bond acceptors (Lipinski definition) is 5. The molecule has 0 radical (unpaired) electrons. The van der Waals surface area contributed by atoms with Gasteiger partial charge in [-0.2, -0.15) is 5.26 Å². The molecule has 0 fully saturated rings. The van der Waals surface area contributed by atoms with E-state index < -0.39 is 0 Å². The molecule has 0 aliphatic heterocycles. The van der Waals surface area contributed by atoms with Crippen LogP contribution < -0.4 is 15.4 Å². The lowest BCUT2D eigenvalue weighted by Crippen LogP contribution is -2.14. The first-order valence-electron chi connectivity index (χ1n) is 9.62. The standard InChI is InChI=1S/C23H21N5O2/c1-15-12-22(25-10-11-30-18-7-5-6-17(13-18)26-16(2)29)28-21-9-4-3-8-20(21)27-23(28)19(15)14-24/h3-9,12-13,25H,10-11H2,1-2H3,(H,26,29). The molecule has 0 unspecified atom stereocenters. The van der Waals surface area contributed by atoms with Crippen molar-refractivity contribution < 1.29 is 9.53 Å². The van der Waals surface area contributed by atoms with Gasteiger partial charge < -0.3 is 15.4 Å². The fourth-order valence-corrected chi connectivity index (χ4v) is 3.44. The molecule has 0 saturated carbocycles. The van der Waals surface area contributed by atoms with Crippen LogP contribution in [-0.2, 0) is 4.79 Å². The third-order valence-electron chi connectivity index (χ3n) is 4.72. The first kappa shape index (κ1) is 19.3. The molecule has 0 aliphatic carbocycles. The molecule has 2 N–H and O–H groups in total. The van der Waals surface area contributed by atoms with Gasteiger partial charge in [0.1, 0.15) is 24.2 Å². The molecule has 1 amide bonds. The summed E-state index contributed by atoms with van der Waals surface area (Å²) in [4.78, 5) is 15.9. The Morgan fingerprint density at radius 2 is 2.03 bits per heavy atom. The maximum Gasteiger partial charge on any atom is 0.221 e. The van der Waals surface area contributed by atoms with Crippen molar-refractivity contribution in [2.75, 3.05) is 23.8 Å². The minimum absolute atomic E-state index is 0.124. The smallest absolute Gasteiger partial charge is 0.221 e. The number of benzene rings is 2. The number of carbonyl (C=O) groups excluding carboxylic acids is 1. The van der Waals surface area contributed by atoms with Crippen molar-refractivity contribution in [3.05, 3.63) is 65.7 Å². The second-order valence-electron chi connectivity index (χ2n) is 6.94. The van der Waals surface area contributed by atoms with Gasteiger partial charge in [0.2, 0.25) is 5.91 Å². The van der Waals surface area contributed by atoms with Gasteiger partial charge >= 0.3 is 0 Å². The number of nitriles is 1. The fourth-order valence-electron chi connectivity index (χ4n) is 3.44. The Kier molecular flexibility index (Phi) is 5.22. The van der Waals surface area contributed by atoms with Gasteiger partial charge in [0.25, 0.3) is 0 Å². The zero-order valence-electron chi connectivity index (χ0n) is 16.8. The van der Waals surface area contributed by atoms with E-state index in [1.807, 2.05) is 59.9 Å². The van der Waals surface area contributed by atoms with E-state index in [2.05, 4.69) is 21.7 Å². The van der Waals surface area contributed by atoms with E-state index >= 15 is 0 Å². The van der Waals surface area contributed by atoms with Gasteiger partial charge in [-0.05, 0) is 42.8 Å². The quantitative estimate of drug-likeness (QED) is 0.476. The van der Waals surface area contributed by atoms with Gasteiger partial charge in [-0.25, -0.2) is 4.98 Å². The highest BCUT2D eigenvalue weighted by atomic mass is 16.5. The van der Waals surface area contributed by atoms with E-state index in [9.17, 15) is 10.1 Å². The molecular weight excluding hydrogens is 378 g/mol. The van der Waals surface area contributed by atoms with Gasteiger partial charge in [-0.3, -0.25) is 9.20 Å². The van der Waals surface area contributed by atoms with Crippen molar-refractivity contribution in [3.63, 3.8) is 0 Å².